The summed E-state index contributed by atoms with van der Waals surface area (Å²) in [6, 6.07) is 13.0. The highest BCUT2D eigenvalue weighted by Crippen LogP contribution is 2.18. The first-order chi connectivity index (χ1) is 12.9. The average molecular weight is 365 g/mol. The van der Waals surface area contributed by atoms with Crippen LogP contribution in [0.5, 0.6) is 0 Å². The smallest absolute Gasteiger partial charge is 0.253 e. The van der Waals surface area contributed by atoms with Gasteiger partial charge in [0.15, 0.2) is 0 Å². The number of hydrogen-bond acceptors (Lipinski definition) is 3. The van der Waals surface area contributed by atoms with Crippen molar-refractivity contribution in [2.45, 2.75) is 13.8 Å². The van der Waals surface area contributed by atoms with Gasteiger partial charge >= 0.3 is 0 Å². The van der Waals surface area contributed by atoms with Gasteiger partial charge in [-0.1, -0.05) is 11.6 Å². The van der Waals surface area contributed by atoms with E-state index < -0.39 is 5.82 Å². The van der Waals surface area contributed by atoms with E-state index in [1.54, 1.807) is 6.92 Å². The lowest BCUT2D eigenvalue weighted by Crippen LogP contribution is -2.35. The van der Waals surface area contributed by atoms with Gasteiger partial charge in [-0.25, -0.2) is 4.39 Å². The summed E-state index contributed by atoms with van der Waals surface area (Å²) in [5.74, 6) is -0.948. The molecule has 0 fully saturated rings. The molecule has 2 N–H and O–H groups in total. The minimum atomic E-state index is -0.395. The first kappa shape index (κ1) is 18.5. The van der Waals surface area contributed by atoms with E-state index in [1.165, 1.54) is 24.3 Å². The standard InChI is InChI=1S/C21H20FN3O2/c1-13-3-8-19-16(11-13)12-18(14(2)25-19)21(27)24-10-9-23-20(26)15-4-6-17(22)7-5-15/h3-8,11-12H,9-10H2,1-2H3,(H,23,26)(H,24,27). The lowest BCUT2D eigenvalue weighted by atomic mass is 10.1. The number of halogens is 1. The molecule has 0 atom stereocenters. The van der Waals surface area contributed by atoms with E-state index >= 15 is 0 Å². The monoisotopic (exact) mass is 365 g/mol. The van der Waals surface area contributed by atoms with Crippen molar-refractivity contribution in [1.82, 2.24) is 15.6 Å². The largest absolute Gasteiger partial charge is 0.350 e. The summed E-state index contributed by atoms with van der Waals surface area (Å²) in [5, 5.41) is 6.38. The molecular formula is C21H20FN3O2. The number of benzene rings is 2. The Hall–Kier alpha value is -3.28. The Kier molecular flexibility index (Phi) is 5.45. The van der Waals surface area contributed by atoms with Crippen LogP contribution in [0.4, 0.5) is 4.39 Å². The van der Waals surface area contributed by atoms with Gasteiger partial charge in [0.1, 0.15) is 5.82 Å². The molecule has 3 rings (SSSR count). The van der Waals surface area contributed by atoms with Crippen molar-refractivity contribution in [3.05, 3.63) is 76.7 Å². The van der Waals surface area contributed by atoms with Crippen LogP contribution in [0.15, 0.2) is 48.5 Å². The maximum Gasteiger partial charge on any atom is 0.253 e. The van der Waals surface area contributed by atoms with Crippen molar-refractivity contribution in [3.63, 3.8) is 0 Å². The Morgan fingerprint density at radius 1 is 0.926 bits per heavy atom. The van der Waals surface area contributed by atoms with Crippen LogP contribution in [0.3, 0.4) is 0 Å². The van der Waals surface area contributed by atoms with Gasteiger partial charge in [-0.3, -0.25) is 14.6 Å². The third kappa shape index (κ3) is 4.47. The number of aryl methyl sites for hydroxylation is 2. The van der Waals surface area contributed by atoms with Gasteiger partial charge in [-0.15, -0.1) is 0 Å². The second kappa shape index (κ2) is 7.95. The molecule has 0 radical (unpaired) electrons. The number of fused-ring (bicyclic) bond motifs is 1. The van der Waals surface area contributed by atoms with Gasteiger partial charge < -0.3 is 10.6 Å². The van der Waals surface area contributed by atoms with E-state index in [-0.39, 0.29) is 24.9 Å². The van der Waals surface area contributed by atoms with E-state index in [0.29, 0.717) is 16.8 Å². The van der Waals surface area contributed by atoms with Crippen molar-refractivity contribution in [3.8, 4) is 0 Å². The van der Waals surface area contributed by atoms with Crippen molar-refractivity contribution in [2.75, 3.05) is 13.1 Å². The molecule has 5 nitrogen and oxygen atoms in total. The zero-order valence-corrected chi connectivity index (χ0v) is 15.2. The molecule has 0 aliphatic carbocycles. The highest BCUT2D eigenvalue weighted by Gasteiger charge is 2.12. The Morgan fingerprint density at radius 2 is 1.59 bits per heavy atom. The number of pyridine rings is 1. The topological polar surface area (TPSA) is 71.1 Å². The van der Waals surface area contributed by atoms with Crippen molar-refractivity contribution in [2.24, 2.45) is 0 Å². The van der Waals surface area contributed by atoms with Crippen LogP contribution in [-0.4, -0.2) is 29.9 Å². The van der Waals surface area contributed by atoms with E-state index in [1.807, 2.05) is 31.2 Å². The number of hydrogen-bond donors (Lipinski definition) is 2. The molecule has 0 bridgehead atoms. The molecule has 0 aliphatic heterocycles. The Bertz CT molecular complexity index is 1000. The van der Waals surface area contributed by atoms with Crippen molar-refractivity contribution >= 4 is 22.7 Å². The minimum absolute atomic E-state index is 0.237. The fourth-order valence-electron chi connectivity index (χ4n) is 2.77. The van der Waals surface area contributed by atoms with E-state index in [0.717, 1.165) is 16.5 Å². The maximum atomic E-state index is 12.9. The average Bonchev–Trinajstić information content (AvgIpc) is 2.65. The maximum absolute atomic E-state index is 12.9. The Morgan fingerprint density at radius 3 is 2.30 bits per heavy atom. The number of aromatic nitrogens is 1. The number of nitrogens with one attached hydrogen (secondary N) is 2. The molecule has 2 aromatic carbocycles. The molecule has 1 aromatic heterocycles. The molecule has 2 amide bonds. The van der Waals surface area contributed by atoms with E-state index in [2.05, 4.69) is 15.6 Å². The summed E-state index contributed by atoms with van der Waals surface area (Å²) < 4.78 is 12.9. The summed E-state index contributed by atoms with van der Waals surface area (Å²) in [6.07, 6.45) is 0. The van der Waals surface area contributed by atoms with Crippen LogP contribution in [0.25, 0.3) is 10.9 Å². The first-order valence-electron chi connectivity index (χ1n) is 8.64. The lowest BCUT2D eigenvalue weighted by Gasteiger charge is -2.10. The van der Waals surface area contributed by atoms with Gasteiger partial charge in [0.05, 0.1) is 16.8 Å². The number of carbonyl (C=O) groups excluding carboxylic acids is 2. The Balaban J connectivity index is 1.57. The predicted molar refractivity (Wildman–Crippen MR) is 102 cm³/mol. The molecule has 0 saturated carbocycles. The highest BCUT2D eigenvalue weighted by molar-refractivity contribution is 5.98. The van der Waals surface area contributed by atoms with Crippen molar-refractivity contribution in [1.29, 1.82) is 0 Å². The summed E-state index contributed by atoms with van der Waals surface area (Å²) in [4.78, 5) is 28.9. The highest BCUT2D eigenvalue weighted by atomic mass is 19.1. The van der Waals surface area contributed by atoms with Crippen LogP contribution < -0.4 is 10.6 Å². The van der Waals surface area contributed by atoms with Gasteiger partial charge in [0.2, 0.25) is 0 Å². The SMILES string of the molecule is Cc1ccc2nc(C)c(C(=O)NCCNC(=O)c3ccc(F)cc3)cc2c1. The van der Waals surface area contributed by atoms with Crippen LogP contribution in [0, 0.1) is 19.7 Å². The van der Waals surface area contributed by atoms with Gasteiger partial charge in [-0.2, -0.15) is 0 Å². The summed E-state index contributed by atoms with van der Waals surface area (Å²) in [7, 11) is 0. The molecule has 0 aliphatic rings. The van der Waals surface area contributed by atoms with Crippen LogP contribution in [0.2, 0.25) is 0 Å². The number of rotatable bonds is 5. The predicted octanol–water partition coefficient (Wildman–Crippen LogP) is 3.15. The van der Waals surface area contributed by atoms with Crippen LogP contribution in [0.1, 0.15) is 32.0 Å². The summed E-state index contributed by atoms with van der Waals surface area (Å²) in [6.45, 7) is 4.32. The van der Waals surface area contributed by atoms with Gasteiger partial charge in [-0.05, 0) is 56.3 Å². The first-order valence-corrected chi connectivity index (χ1v) is 8.64. The third-order valence-corrected chi connectivity index (χ3v) is 4.21. The van der Waals surface area contributed by atoms with Crippen LogP contribution in [-0.2, 0) is 0 Å². The summed E-state index contributed by atoms with van der Waals surface area (Å²) in [5.41, 5.74) is 3.48. The van der Waals surface area contributed by atoms with E-state index in [9.17, 15) is 14.0 Å². The minimum Gasteiger partial charge on any atom is -0.350 e. The second-order valence-electron chi connectivity index (χ2n) is 6.34. The number of nitrogens with zero attached hydrogens (tertiary/aromatic N) is 1. The fourth-order valence-corrected chi connectivity index (χ4v) is 2.77. The third-order valence-electron chi connectivity index (χ3n) is 4.21. The number of carbonyl (C=O) groups is 2. The molecule has 138 valence electrons. The molecule has 27 heavy (non-hydrogen) atoms. The number of amides is 2. The molecule has 1 heterocycles. The van der Waals surface area contributed by atoms with Crippen LogP contribution >= 0.6 is 0 Å². The second-order valence-corrected chi connectivity index (χ2v) is 6.34. The Labute approximate surface area is 156 Å². The fraction of sp³-hybridized carbons (Fsp3) is 0.190. The van der Waals surface area contributed by atoms with E-state index in [4.69, 9.17) is 0 Å². The molecule has 6 heteroatoms. The zero-order chi connectivity index (χ0) is 19.4. The molecule has 3 aromatic rings. The summed E-state index contributed by atoms with van der Waals surface area (Å²) >= 11 is 0. The molecule has 0 unspecified atom stereocenters. The van der Waals surface area contributed by atoms with Gasteiger partial charge in [0, 0.05) is 24.0 Å². The normalized spacial score (nSPS) is 10.6. The molecule has 0 saturated heterocycles. The van der Waals surface area contributed by atoms with Crippen molar-refractivity contribution < 1.29 is 14.0 Å². The quantitative estimate of drug-likeness (QED) is 0.683. The molecule has 0 spiro atoms. The molecular weight excluding hydrogens is 345 g/mol. The van der Waals surface area contributed by atoms with Gasteiger partial charge in [0.25, 0.3) is 11.8 Å². The lowest BCUT2D eigenvalue weighted by molar-refractivity contribution is 0.0927. The zero-order valence-electron chi connectivity index (χ0n) is 15.2.